The van der Waals surface area contributed by atoms with Gasteiger partial charge in [0.2, 0.25) is 0 Å². The number of halogens is 2. The van der Waals surface area contributed by atoms with E-state index in [0.717, 1.165) is 44.9 Å². The summed E-state index contributed by atoms with van der Waals surface area (Å²) in [6, 6.07) is 0. The zero-order chi connectivity index (χ0) is 12.4. The van der Waals surface area contributed by atoms with Crippen LogP contribution in [0.2, 0.25) is 0 Å². The van der Waals surface area contributed by atoms with Crippen LogP contribution in [0.4, 0.5) is 8.78 Å². The van der Waals surface area contributed by atoms with E-state index in [1.807, 2.05) is 12.8 Å². The molecule has 0 aromatic heterocycles. The topological polar surface area (TPSA) is 0 Å². The smallest absolute Gasteiger partial charge is 0.196 e. The van der Waals surface area contributed by atoms with Crippen LogP contribution in [0.5, 0.6) is 0 Å². The summed E-state index contributed by atoms with van der Waals surface area (Å²) in [5, 5.41) is 0. The molecule has 1 unspecified atom stereocenters. The molecule has 0 heterocycles. The van der Waals surface area contributed by atoms with Crippen molar-refractivity contribution in [2.45, 2.75) is 72.1 Å². The predicted octanol–water partition coefficient (Wildman–Crippen LogP) is 5.03. The van der Waals surface area contributed by atoms with Crippen molar-refractivity contribution in [1.82, 2.24) is 0 Å². The molecule has 0 fully saturated rings. The molecule has 0 aromatic rings. The Morgan fingerprint density at radius 3 is 2.06 bits per heavy atom. The molecule has 0 saturated carbocycles. The van der Waals surface area contributed by atoms with Crippen molar-refractivity contribution in [1.29, 1.82) is 0 Å². The molecule has 0 aromatic carbocycles. The molecule has 0 radical (unpaired) electrons. The Kier molecular flexibility index (Phi) is 8.25. The van der Waals surface area contributed by atoms with E-state index < -0.39 is 6.43 Å². The number of hydrogen-bond acceptors (Lipinski definition) is 0. The Morgan fingerprint density at radius 1 is 1.00 bits per heavy atom. The molecule has 0 aliphatic heterocycles. The predicted molar refractivity (Wildman–Crippen MR) is 65.6 cm³/mol. The maximum absolute atomic E-state index is 12.1. The second-order valence-electron chi connectivity index (χ2n) is 4.69. The van der Waals surface area contributed by atoms with Crippen LogP contribution < -0.4 is 0 Å². The van der Waals surface area contributed by atoms with E-state index in [-0.39, 0.29) is 5.41 Å². The van der Waals surface area contributed by atoms with E-state index >= 15 is 0 Å². The van der Waals surface area contributed by atoms with Gasteiger partial charge in [-0.15, -0.1) is 0 Å². The minimum Gasteiger partial charge on any atom is -0.196 e. The third-order valence-electron chi connectivity index (χ3n) is 2.90. The fourth-order valence-corrected chi connectivity index (χ4v) is 1.81. The molecule has 0 aliphatic carbocycles. The van der Waals surface area contributed by atoms with Crippen LogP contribution in [-0.4, -0.2) is 6.43 Å². The summed E-state index contributed by atoms with van der Waals surface area (Å²) in [6.07, 6.45) is 4.97. The lowest BCUT2D eigenvalue weighted by molar-refractivity contribution is 0.214. The second-order valence-corrected chi connectivity index (χ2v) is 4.69. The number of rotatable bonds is 7. The molecule has 0 rings (SSSR count). The summed E-state index contributed by atoms with van der Waals surface area (Å²) in [7, 11) is 0. The van der Waals surface area contributed by atoms with Crippen molar-refractivity contribution in [2.75, 3.05) is 0 Å². The van der Waals surface area contributed by atoms with Crippen molar-refractivity contribution >= 4 is 0 Å². The number of alkyl halides is 2. The summed E-state index contributed by atoms with van der Waals surface area (Å²) < 4.78 is 24.2. The highest BCUT2D eigenvalue weighted by atomic mass is 19.3. The Morgan fingerprint density at radius 2 is 1.56 bits per heavy atom. The fourth-order valence-electron chi connectivity index (χ4n) is 1.81. The van der Waals surface area contributed by atoms with Gasteiger partial charge >= 0.3 is 0 Å². The standard InChI is InChI=1S/C14H24F2/c1-4-6-8-11-14(3,10-7-5-2)12-9-13(15)16/h13H,4-8,10-11H2,1-3H3. The first-order valence-corrected chi connectivity index (χ1v) is 6.35. The van der Waals surface area contributed by atoms with Gasteiger partial charge in [0, 0.05) is 5.41 Å². The van der Waals surface area contributed by atoms with Gasteiger partial charge in [0.1, 0.15) is 0 Å². The molecular formula is C14H24F2. The van der Waals surface area contributed by atoms with Gasteiger partial charge in [-0.3, -0.25) is 0 Å². The summed E-state index contributed by atoms with van der Waals surface area (Å²) >= 11 is 0. The van der Waals surface area contributed by atoms with Crippen LogP contribution in [0.3, 0.4) is 0 Å². The first kappa shape index (κ1) is 15.4. The summed E-state index contributed by atoms with van der Waals surface area (Å²) in [5.74, 6) is 4.83. The molecule has 0 bridgehead atoms. The lowest BCUT2D eigenvalue weighted by Gasteiger charge is -2.23. The molecule has 0 saturated heterocycles. The van der Waals surface area contributed by atoms with Gasteiger partial charge < -0.3 is 0 Å². The number of hydrogen-bond donors (Lipinski definition) is 0. The maximum Gasteiger partial charge on any atom is 0.298 e. The van der Waals surface area contributed by atoms with Crippen molar-refractivity contribution < 1.29 is 8.78 Å². The van der Waals surface area contributed by atoms with Crippen LogP contribution >= 0.6 is 0 Å². The van der Waals surface area contributed by atoms with Crippen molar-refractivity contribution in [2.24, 2.45) is 5.41 Å². The van der Waals surface area contributed by atoms with Gasteiger partial charge in [-0.1, -0.05) is 51.9 Å². The molecular weight excluding hydrogens is 206 g/mol. The third kappa shape index (κ3) is 7.68. The highest BCUT2D eigenvalue weighted by Crippen LogP contribution is 2.30. The molecule has 0 N–H and O–H groups in total. The molecule has 0 nitrogen and oxygen atoms in total. The van der Waals surface area contributed by atoms with Gasteiger partial charge in [0.05, 0.1) is 0 Å². The lowest BCUT2D eigenvalue weighted by Crippen LogP contribution is -2.14. The van der Waals surface area contributed by atoms with Gasteiger partial charge in [-0.25, -0.2) is 0 Å². The molecule has 2 heteroatoms. The monoisotopic (exact) mass is 230 g/mol. The summed E-state index contributed by atoms with van der Waals surface area (Å²) in [6.45, 7) is 6.29. The van der Waals surface area contributed by atoms with E-state index in [1.54, 1.807) is 0 Å². The Labute approximate surface area is 98.8 Å². The Hall–Kier alpha value is -0.580. The molecule has 94 valence electrons. The normalized spacial score (nSPS) is 14.4. The minimum atomic E-state index is -2.49. The highest BCUT2D eigenvalue weighted by molar-refractivity contribution is 5.11. The van der Waals surface area contributed by atoms with Crippen LogP contribution in [0.1, 0.15) is 65.7 Å². The number of unbranched alkanes of at least 4 members (excludes halogenated alkanes) is 3. The van der Waals surface area contributed by atoms with Crippen LogP contribution in [-0.2, 0) is 0 Å². The van der Waals surface area contributed by atoms with Crippen molar-refractivity contribution in [3.63, 3.8) is 0 Å². The van der Waals surface area contributed by atoms with Gasteiger partial charge in [-0.05, 0) is 25.7 Å². The average molecular weight is 230 g/mol. The first-order chi connectivity index (χ1) is 7.54. The van der Waals surface area contributed by atoms with E-state index in [2.05, 4.69) is 19.8 Å². The zero-order valence-electron chi connectivity index (χ0n) is 10.8. The SMILES string of the molecule is CCCCCC(C)(C#CC(F)F)CCCC. The molecule has 0 aliphatic rings. The first-order valence-electron chi connectivity index (χ1n) is 6.35. The average Bonchev–Trinajstić information content (AvgIpc) is 2.24. The lowest BCUT2D eigenvalue weighted by atomic mass is 9.80. The third-order valence-corrected chi connectivity index (χ3v) is 2.90. The molecule has 0 amide bonds. The fraction of sp³-hybridized carbons (Fsp3) is 0.857. The van der Waals surface area contributed by atoms with E-state index in [9.17, 15) is 8.78 Å². The van der Waals surface area contributed by atoms with E-state index in [0.29, 0.717) is 0 Å². The van der Waals surface area contributed by atoms with Crippen LogP contribution in [0.15, 0.2) is 0 Å². The Bertz CT molecular complexity index is 225. The molecule has 1 atom stereocenters. The van der Waals surface area contributed by atoms with Gasteiger partial charge in [0.25, 0.3) is 6.43 Å². The minimum absolute atomic E-state index is 0.207. The molecule has 16 heavy (non-hydrogen) atoms. The van der Waals surface area contributed by atoms with Crippen LogP contribution in [0.25, 0.3) is 0 Å². The van der Waals surface area contributed by atoms with E-state index in [1.165, 1.54) is 0 Å². The largest absolute Gasteiger partial charge is 0.298 e. The van der Waals surface area contributed by atoms with E-state index in [4.69, 9.17) is 0 Å². The summed E-state index contributed by atoms with van der Waals surface area (Å²) in [4.78, 5) is 0. The van der Waals surface area contributed by atoms with Crippen molar-refractivity contribution in [3.8, 4) is 11.8 Å². The zero-order valence-corrected chi connectivity index (χ0v) is 10.8. The van der Waals surface area contributed by atoms with Crippen molar-refractivity contribution in [3.05, 3.63) is 0 Å². The Balaban J connectivity index is 4.31. The maximum atomic E-state index is 12.1. The van der Waals surface area contributed by atoms with Crippen LogP contribution in [0, 0.1) is 17.3 Å². The quantitative estimate of drug-likeness (QED) is 0.425. The summed E-state index contributed by atoms with van der Waals surface area (Å²) in [5.41, 5.74) is -0.207. The second kappa shape index (κ2) is 8.56. The molecule has 0 spiro atoms. The van der Waals surface area contributed by atoms with Gasteiger partial charge in [-0.2, -0.15) is 8.78 Å². The van der Waals surface area contributed by atoms with Gasteiger partial charge in [0.15, 0.2) is 0 Å². The highest BCUT2D eigenvalue weighted by Gasteiger charge is 2.20.